The third-order valence-electron chi connectivity index (χ3n) is 8.81. The number of carbonyl (C=O) groups excluding carboxylic acids is 1. The van der Waals surface area contributed by atoms with E-state index in [1.165, 1.54) is 14.1 Å². The summed E-state index contributed by atoms with van der Waals surface area (Å²) >= 11 is 3.53. The highest BCUT2D eigenvalue weighted by Crippen LogP contribution is 2.40. The summed E-state index contributed by atoms with van der Waals surface area (Å²) in [4.78, 5) is 14.9. The van der Waals surface area contributed by atoms with E-state index in [-0.39, 0.29) is 26.4 Å². The summed E-state index contributed by atoms with van der Waals surface area (Å²) in [5.41, 5.74) is 1.39. The van der Waals surface area contributed by atoms with Crippen LogP contribution in [0.4, 0.5) is 4.79 Å². The van der Waals surface area contributed by atoms with Crippen LogP contribution < -0.4 is 4.72 Å². The Morgan fingerprint density at radius 1 is 1.17 bits per heavy atom. The molecule has 2 saturated heterocycles. The molecule has 0 unspecified atom stereocenters. The van der Waals surface area contributed by atoms with E-state index in [0.717, 1.165) is 32.7 Å². The summed E-state index contributed by atoms with van der Waals surface area (Å²) in [7, 11) is -1.11. The van der Waals surface area contributed by atoms with E-state index in [4.69, 9.17) is 18.8 Å². The zero-order valence-electron chi connectivity index (χ0n) is 25.6. The third kappa shape index (κ3) is 7.97. The third-order valence-corrected chi connectivity index (χ3v) is 11.1. The molecule has 2 heterocycles. The molecule has 2 aliphatic heterocycles. The molecule has 0 saturated carbocycles. The quantitative estimate of drug-likeness (QED) is 0.366. The Kier molecular flexibility index (Phi) is 10.9. The second-order valence-corrected chi connectivity index (χ2v) is 15.2. The largest absolute Gasteiger partial charge is 0.490 e. The molecular formula is C29H45BBrN3O7S. The SMILES string of the molecule is CN(C)S(=O)(=O)N[C@H]1CCCN(C(=O)OCCc2ccccc2Br)[C@H]1CO[C@H]1CC=C(B2OC(C)(C)C(C)(C)O2)CC1. The van der Waals surface area contributed by atoms with Crippen LogP contribution in [0.3, 0.4) is 0 Å². The molecule has 13 heteroatoms. The minimum Gasteiger partial charge on any atom is -0.449 e. The highest BCUT2D eigenvalue weighted by atomic mass is 79.9. The van der Waals surface area contributed by atoms with E-state index in [2.05, 4.69) is 26.7 Å². The van der Waals surface area contributed by atoms with Crippen molar-refractivity contribution in [2.75, 3.05) is 33.9 Å². The summed E-state index contributed by atoms with van der Waals surface area (Å²) in [5, 5.41) is 0. The number of benzene rings is 1. The van der Waals surface area contributed by atoms with Crippen molar-refractivity contribution in [3.63, 3.8) is 0 Å². The fourth-order valence-corrected chi connectivity index (χ4v) is 6.73. The molecule has 0 aromatic heterocycles. The first kappa shape index (κ1) is 33.4. The molecule has 1 aromatic carbocycles. The molecule has 0 spiro atoms. The van der Waals surface area contributed by atoms with Gasteiger partial charge in [-0.15, -0.1) is 0 Å². The number of piperidine rings is 1. The van der Waals surface area contributed by atoms with Gasteiger partial charge in [0.15, 0.2) is 0 Å². The van der Waals surface area contributed by atoms with E-state index in [1.807, 2.05) is 52.0 Å². The maximum Gasteiger partial charge on any atom is 0.490 e. The molecule has 10 nitrogen and oxygen atoms in total. The number of likely N-dealkylation sites (tertiary alicyclic amines) is 1. The Labute approximate surface area is 259 Å². The second-order valence-electron chi connectivity index (χ2n) is 12.5. The molecule has 1 N–H and O–H groups in total. The first-order valence-corrected chi connectivity index (χ1v) is 17.0. The number of nitrogens with zero attached hydrogens (tertiary/aromatic N) is 2. The topological polar surface area (TPSA) is 107 Å². The predicted octanol–water partition coefficient (Wildman–Crippen LogP) is 4.48. The van der Waals surface area contributed by atoms with Crippen LogP contribution in [0.25, 0.3) is 0 Å². The average Bonchev–Trinajstić information content (AvgIpc) is 3.15. The van der Waals surface area contributed by atoms with Crippen molar-refractivity contribution in [1.29, 1.82) is 0 Å². The maximum atomic E-state index is 13.3. The normalized spacial score (nSPS) is 25.9. The molecule has 2 fully saturated rings. The molecule has 1 amide bonds. The number of ether oxygens (including phenoxy) is 2. The lowest BCUT2D eigenvalue weighted by molar-refractivity contribution is -0.0158. The Bertz CT molecular complexity index is 1230. The van der Waals surface area contributed by atoms with Crippen LogP contribution >= 0.6 is 15.9 Å². The van der Waals surface area contributed by atoms with Crippen LogP contribution in [-0.2, 0) is 35.4 Å². The Morgan fingerprint density at radius 2 is 1.86 bits per heavy atom. The van der Waals surface area contributed by atoms with Crippen molar-refractivity contribution in [3.05, 3.63) is 45.9 Å². The zero-order valence-corrected chi connectivity index (χ0v) is 28.0. The van der Waals surface area contributed by atoms with Crippen molar-refractivity contribution < 1.29 is 32.0 Å². The zero-order chi connectivity index (χ0) is 30.7. The van der Waals surface area contributed by atoms with Gasteiger partial charge in [-0.2, -0.15) is 17.4 Å². The maximum absolute atomic E-state index is 13.3. The van der Waals surface area contributed by atoms with Crippen LogP contribution in [0.15, 0.2) is 40.3 Å². The van der Waals surface area contributed by atoms with E-state index in [9.17, 15) is 13.2 Å². The van der Waals surface area contributed by atoms with Crippen LogP contribution in [0, 0.1) is 0 Å². The number of halogens is 1. The highest BCUT2D eigenvalue weighted by molar-refractivity contribution is 9.10. The summed E-state index contributed by atoms with van der Waals surface area (Å²) in [6, 6.07) is 6.82. The number of hydrogen-bond acceptors (Lipinski definition) is 7. The van der Waals surface area contributed by atoms with Gasteiger partial charge in [-0.1, -0.05) is 40.2 Å². The molecule has 234 valence electrons. The molecule has 1 aliphatic carbocycles. The predicted molar refractivity (Wildman–Crippen MR) is 166 cm³/mol. The van der Waals surface area contributed by atoms with Crippen molar-refractivity contribution in [2.45, 2.75) is 95.6 Å². The summed E-state index contributed by atoms with van der Waals surface area (Å²) in [6.07, 6.45) is 5.69. The average molecular weight is 670 g/mol. The van der Waals surface area contributed by atoms with E-state index >= 15 is 0 Å². The Morgan fingerprint density at radius 3 is 2.48 bits per heavy atom. The fourth-order valence-electron chi connectivity index (χ4n) is 5.38. The van der Waals surface area contributed by atoms with E-state index < -0.39 is 39.6 Å². The van der Waals surface area contributed by atoms with Gasteiger partial charge < -0.3 is 23.7 Å². The first-order chi connectivity index (χ1) is 19.7. The van der Waals surface area contributed by atoms with Gasteiger partial charge in [-0.25, -0.2) is 4.79 Å². The lowest BCUT2D eigenvalue weighted by Crippen LogP contribution is -2.60. The van der Waals surface area contributed by atoms with E-state index in [1.54, 1.807) is 4.90 Å². The van der Waals surface area contributed by atoms with Gasteiger partial charge in [0, 0.05) is 37.6 Å². The molecular weight excluding hydrogens is 625 g/mol. The van der Waals surface area contributed by atoms with Crippen molar-refractivity contribution in [2.24, 2.45) is 0 Å². The van der Waals surface area contributed by atoms with Crippen LogP contribution in [0.5, 0.6) is 0 Å². The van der Waals surface area contributed by atoms with Gasteiger partial charge in [-0.3, -0.25) is 0 Å². The number of carbonyl (C=O) groups is 1. The van der Waals surface area contributed by atoms with Gasteiger partial charge in [-0.05, 0) is 76.9 Å². The van der Waals surface area contributed by atoms with Crippen molar-refractivity contribution >= 4 is 39.4 Å². The molecule has 3 aliphatic rings. The van der Waals surface area contributed by atoms with Gasteiger partial charge >= 0.3 is 13.2 Å². The second kappa shape index (κ2) is 13.7. The highest BCUT2D eigenvalue weighted by Gasteiger charge is 2.52. The molecule has 42 heavy (non-hydrogen) atoms. The number of amides is 1. The number of rotatable bonds is 10. The number of nitrogens with one attached hydrogen (secondary N) is 1. The molecule has 3 atom stereocenters. The lowest BCUT2D eigenvalue weighted by Gasteiger charge is -2.41. The van der Waals surface area contributed by atoms with Gasteiger partial charge in [0.1, 0.15) is 0 Å². The van der Waals surface area contributed by atoms with E-state index in [0.29, 0.717) is 32.2 Å². The smallest absolute Gasteiger partial charge is 0.449 e. The van der Waals surface area contributed by atoms with Crippen molar-refractivity contribution in [1.82, 2.24) is 13.9 Å². The monoisotopic (exact) mass is 669 g/mol. The molecule has 4 rings (SSSR count). The summed E-state index contributed by atoms with van der Waals surface area (Å²) in [5.74, 6) is 0. The lowest BCUT2D eigenvalue weighted by atomic mass is 9.72. The van der Waals surface area contributed by atoms with Crippen LogP contribution in [0.1, 0.15) is 65.4 Å². The molecule has 0 bridgehead atoms. The van der Waals surface area contributed by atoms with Crippen molar-refractivity contribution in [3.8, 4) is 0 Å². The summed E-state index contributed by atoms with van der Waals surface area (Å²) < 4.78 is 54.9. The number of hydrogen-bond donors (Lipinski definition) is 1. The van der Waals surface area contributed by atoms with Gasteiger partial charge in [0.05, 0.1) is 36.6 Å². The standard InChI is InChI=1S/C29H45BBrN3O7S/c1-28(2)29(3,4)41-30(40-28)22-13-15-23(16-14-22)39-20-26-25(32-42(36,37)33(5)6)12-9-18-34(26)27(35)38-19-17-21-10-7-8-11-24(21)31/h7-8,10-11,13,23,25-26,32H,9,12,14-20H2,1-6H3/t23-,25-,26-/m0/s1. The molecule has 1 aromatic rings. The number of allylic oxidation sites excluding steroid dienone is 1. The van der Waals surface area contributed by atoms with Crippen LogP contribution in [0.2, 0.25) is 0 Å². The minimum atomic E-state index is -3.71. The fraction of sp³-hybridized carbons (Fsp3) is 0.690. The summed E-state index contributed by atoms with van der Waals surface area (Å²) in [6.45, 7) is 9.07. The molecule has 0 radical (unpaired) electrons. The minimum absolute atomic E-state index is 0.0579. The van der Waals surface area contributed by atoms with Gasteiger partial charge in [0.25, 0.3) is 10.2 Å². The van der Waals surface area contributed by atoms with Gasteiger partial charge in [0.2, 0.25) is 0 Å². The van der Waals surface area contributed by atoms with Crippen LogP contribution in [-0.4, -0.2) is 94.1 Å². The Hall–Kier alpha value is -1.48. The Balaban J connectivity index is 1.40. The first-order valence-electron chi connectivity index (χ1n) is 14.7.